The van der Waals surface area contributed by atoms with E-state index < -0.39 is 0 Å². The zero-order valence-electron chi connectivity index (χ0n) is 9.08. The molecule has 3 nitrogen and oxygen atoms in total. The van der Waals surface area contributed by atoms with E-state index in [4.69, 9.17) is 11.6 Å². The smallest absolute Gasteiger partial charge is 0.233 e. The fraction of sp³-hybridized carbons (Fsp3) is 0.333. The Morgan fingerprint density at radius 1 is 1.12 bits per heavy atom. The third kappa shape index (κ3) is 2.69. The average Bonchev–Trinajstić information content (AvgIpc) is 2.42. The predicted molar refractivity (Wildman–Crippen MR) is 70.1 cm³/mol. The van der Waals surface area contributed by atoms with Gasteiger partial charge in [-0.2, -0.15) is 0 Å². The van der Waals surface area contributed by atoms with Crippen LogP contribution in [0, 0.1) is 0 Å². The van der Waals surface area contributed by atoms with Crippen LogP contribution in [0.5, 0.6) is 0 Å². The summed E-state index contributed by atoms with van der Waals surface area (Å²) >= 11 is 9.18. The van der Waals surface area contributed by atoms with E-state index in [1.54, 1.807) is 18.2 Å². The van der Waals surface area contributed by atoms with Gasteiger partial charge in [-0.25, -0.2) is 4.90 Å². The zero-order chi connectivity index (χ0) is 12.4. The second kappa shape index (κ2) is 5.19. The lowest BCUT2D eigenvalue weighted by molar-refractivity contribution is -0.125. The van der Waals surface area contributed by atoms with Gasteiger partial charge in [-0.1, -0.05) is 11.6 Å². The van der Waals surface area contributed by atoms with Crippen LogP contribution >= 0.6 is 27.5 Å². The van der Waals surface area contributed by atoms with Crippen LogP contribution < -0.4 is 4.90 Å². The Hall–Kier alpha value is -0.870. The standard InChI is InChI=1S/C12H11BrClNO2/c13-9-7-8(14)5-6-10(9)15-11(16)3-1-2-4-12(15)17/h5-7H,1-4H2. The van der Waals surface area contributed by atoms with E-state index in [2.05, 4.69) is 15.9 Å². The van der Waals surface area contributed by atoms with Crippen molar-refractivity contribution >= 4 is 45.0 Å². The molecule has 2 rings (SSSR count). The van der Waals surface area contributed by atoms with Gasteiger partial charge in [-0.15, -0.1) is 0 Å². The van der Waals surface area contributed by atoms with Crippen molar-refractivity contribution < 1.29 is 9.59 Å². The summed E-state index contributed by atoms with van der Waals surface area (Å²) in [7, 11) is 0. The Morgan fingerprint density at radius 3 is 2.24 bits per heavy atom. The molecule has 2 amide bonds. The van der Waals surface area contributed by atoms with Gasteiger partial charge in [0.15, 0.2) is 0 Å². The minimum atomic E-state index is -0.143. The molecule has 1 aromatic carbocycles. The first-order valence-corrected chi connectivity index (χ1v) is 6.57. The van der Waals surface area contributed by atoms with Crippen molar-refractivity contribution in [3.05, 3.63) is 27.7 Å². The number of anilines is 1. The van der Waals surface area contributed by atoms with Gasteiger partial charge in [0.2, 0.25) is 11.8 Å². The maximum Gasteiger partial charge on any atom is 0.233 e. The molecule has 0 aliphatic carbocycles. The Balaban J connectivity index is 2.41. The van der Waals surface area contributed by atoms with Crippen molar-refractivity contribution in [1.29, 1.82) is 0 Å². The molecule has 17 heavy (non-hydrogen) atoms. The highest BCUT2D eigenvalue weighted by atomic mass is 79.9. The first kappa shape index (κ1) is 12.6. The summed E-state index contributed by atoms with van der Waals surface area (Å²) in [5.74, 6) is -0.286. The van der Waals surface area contributed by atoms with Gasteiger partial charge in [-0.05, 0) is 47.0 Å². The molecule has 0 unspecified atom stereocenters. The highest BCUT2D eigenvalue weighted by molar-refractivity contribution is 9.10. The Kier molecular flexibility index (Phi) is 3.84. The van der Waals surface area contributed by atoms with E-state index in [1.807, 2.05) is 0 Å². The molecule has 90 valence electrons. The van der Waals surface area contributed by atoms with Gasteiger partial charge in [-0.3, -0.25) is 9.59 Å². The Bertz CT molecular complexity index is 458. The topological polar surface area (TPSA) is 37.4 Å². The molecule has 1 aliphatic heterocycles. The van der Waals surface area contributed by atoms with Crippen molar-refractivity contribution in [3.8, 4) is 0 Å². The highest BCUT2D eigenvalue weighted by Gasteiger charge is 2.26. The number of carbonyl (C=O) groups excluding carboxylic acids is 2. The number of hydrogen-bond acceptors (Lipinski definition) is 2. The van der Waals surface area contributed by atoms with Crippen LogP contribution in [0.4, 0.5) is 5.69 Å². The molecule has 0 bridgehead atoms. The number of carbonyl (C=O) groups is 2. The third-order valence-electron chi connectivity index (χ3n) is 2.68. The SMILES string of the molecule is O=C1CCCCC(=O)N1c1ccc(Cl)cc1Br. The quantitative estimate of drug-likeness (QED) is 0.743. The lowest BCUT2D eigenvalue weighted by atomic mass is 10.2. The predicted octanol–water partition coefficient (Wildman–Crippen LogP) is 3.54. The van der Waals surface area contributed by atoms with Crippen LogP contribution in [-0.4, -0.2) is 11.8 Å². The Labute approximate surface area is 113 Å². The molecular weight excluding hydrogens is 305 g/mol. The van der Waals surface area contributed by atoms with Crippen LogP contribution in [0.3, 0.4) is 0 Å². The highest BCUT2D eigenvalue weighted by Crippen LogP contribution is 2.31. The van der Waals surface area contributed by atoms with E-state index in [-0.39, 0.29) is 11.8 Å². The van der Waals surface area contributed by atoms with E-state index in [0.29, 0.717) is 28.0 Å². The minimum absolute atomic E-state index is 0.143. The van der Waals surface area contributed by atoms with Crippen molar-refractivity contribution in [3.63, 3.8) is 0 Å². The molecule has 1 saturated heterocycles. The van der Waals surface area contributed by atoms with E-state index in [0.717, 1.165) is 12.8 Å². The van der Waals surface area contributed by atoms with Crippen molar-refractivity contribution in [1.82, 2.24) is 0 Å². The molecule has 1 aliphatic rings. The molecule has 1 heterocycles. The largest absolute Gasteiger partial charge is 0.274 e. The second-order valence-corrected chi connectivity index (χ2v) is 5.22. The first-order chi connectivity index (χ1) is 8.09. The number of amides is 2. The molecule has 0 spiro atoms. The zero-order valence-corrected chi connectivity index (χ0v) is 11.4. The first-order valence-electron chi connectivity index (χ1n) is 5.40. The molecule has 0 N–H and O–H groups in total. The van der Waals surface area contributed by atoms with Gasteiger partial charge >= 0.3 is 0 Å². The summed E-state index contributed by atoms with van der Waals surface area (Å²) < 4.78 is 0.661. The molecule has 1 aromatic rings. The summed E-state index contributed by atoms with van der Waals surface area (Å²) in [5, 5.41) is 0.565. The number of nitrogens with zero attached hydrogens (tertiary/aromatic N) is 1. The number of hydrogen-bond donors (Lipinski definition) is 0. The monoisotopic (exact) mass is 315 g/mol. The Morgan fingerprint density at radius 2 is 1.71 bits per heavy atom. The van der Waals surface area contributed by atoms with Crippen molar-refractivity contribution in [2.24, 2.45) is 0 Å². The van der Waals surface area contributed by atoms with E-state index in [1.165, 1.54) is 4.90 Å². The second-order valence-electron chi connectivity index (χ2n) is 3.93. The summed E-state index contributed by atoms with van der Waals surface area (Å²) in [5.41, 5.74) is 0.575. The molecule has 0 atom stereocenters. The van der Waals surface area contributed by atoms with Crippen LogP contribution in [-0.2, 0) is 9.59 Å². The van der Waals surface area contributed by atoms with Gasteiger partial charge < -0.3 is 0 Å². The molecule has 0 aromatic heterocycles. The van der Waals surface area contributed by atoms with Gasteiger partial charge in [0.05, 0.1) is 5.69 Å². The van der Waals surface area contributed by atoms with E-state index >= 15 is 0 Å². The third-order valence-corrected chi connectivity index (χ3v) is 3.55. The van der Waals surface area contributed by atoms with Crippen LogP contribution in [0.1, 0.15) is 25.7 Å². The molecule has 1 fully saturated rings. The van der Waals surface area contributed by atoms with Crippen molar-refractivity contribution in [2.45, 2.75) is 25.7 Å². The summed E-state index contributed by atoms with van der Waals surface area (Å²) in [6, 6.07) is 5.04. The maximum absolute atomic E-state index is 11.9. The van der Waals surface area contributed by atoms with Crippen LogP contribution in [0.15, 0.2) is 22.7 Å². The summed E-state index contributed by atoms with van der Waals surface area (Å²) in [6.45, 7) is 0. The molecule has 0 radical (unpaired) electrons. The minimum Gasteiger partial charge on any atom is -0.274 e. The normalized spacial score (nSPS) is 17.2. The van der Waals surface area contributed by atoms with Crippen molar-refractivity contribution in [2.75, 3.05) is 4.90 Å². The van der Waals surface area contributed by atoms with Gasteiger partial charge in [0.25, 0.3) is 0 Å². The average molecular weight is 317 g/mol. The van der Waals surface area contributed by atoms with Gasteiger partial charge in [0, 0.05) is 22.3 Å². The number of rotatable bonds is 1. The molecule has 0 saturated carbocycles. The molecule has 5 heteroatoms. The summed E-state index contributed by atoms with van der Waals surface area (Å²) in [4.78, 5) is 25.1. The number of halogens is 2. The lowest BCUT2D eigenvalue weighted by Crippen LogP contribution is -2.35. The van der Waals surface area contributed by atoms with Crippen LogP contribution in [0.2, 0.25) is 5.02 Å². The van der Waals surface area contributed by atoms with E-state index in [9.17, 15) is 9.59 Å². The fourth-order valence-electron chi connectivity index (χ4n) is 1.85. The fourth-order valence-corrected chi connectivity index (χ4v) is 2.71. The van der Waals surface area contributed by atoms with Gasteiger partial charge in [0.1, 0.15) is 0 Å². The maximum atomic E-state index is 11.9. The number of benzene rings is 1. The van der Waals surface area contributed by atoms with Crippen LogP contribution in [0.25, 0.3) is 0 Å². The summed E-state index contributed by atoms with van der Waals surface area (Å²) in [6.07, 6.45) is 2.38. The number of imide groups is 1. The molecular formula is C12H11BrClNO2. The lowest BCUT2D eigenvalue weighted by Gasteiger charge is -2.20.